The largest absolute Gasteiger partial charge is 0.350 e. The molecule has 0 saturated carbocycles. The Morgan fingerprint density at radius 2 is 2.33 bits per heavy atom. The first-order valence-corrected chi connectivity index (χ1v) is 4.34. The van der Waals surface area contributed by atoms with Gasteiger partial charge in [-0.05, 0) is 5.41 Å². The lowest BCUT2D eigenvalue weighted by Crippen LogP contribution is -2.46. The van der Waals surface area contributed by atoms with E-state index in [1.807, 2.05) is 22.7 Å². The van der Waals surface area contributed by atoms with Crippen LogP contribution >= 0.6 is 11.8 Å². The van der Waals surface area contributed by atoms with Gasteiger partial charge in [0, 0.05) is 18.6 Å². The lowest BCUT2D eigenvalue weighted by Gasteiger charge is -2.24. The highest BCUT2D eigenvalue weighted by Gasteiger charge is 2.28. The van der Waals surface area contributed by atoms with Crippen LogP contribution in [0.4, 0.5) is 4.79 Å². The van der Waals surface area contributed by atoms with E-state index in [9.17, 15) is 4.79 Å². The predicted octanol–water partition coefficient (Wildman–Crippen LogP) is 0.160. The minimum Gasteiger partial charge on any atom is -0.350 e. The SMILES string of the molecule is NC(=O)NN1C=CN2C=CSC21. The topological polar surface area (TPSA) is 61.6 Å². The van der Waals surface area contributed by atoms with Gasteiger partial charge >= 0.3 is 6.03 Å². The molecule has 2 heterocycles. The van der Waals surface area contributed by atoms with Gasteiger partial charge in [0.15, 0.2) is 5.50 Å². The number of nitrogens with two attached hydrogens (primary N) is 1. The van der Waals surface area contributed by atoms with Crippen LogP contribution in [0.15, 0.2) is 24.0 Å². The maximum atomic E-state index is 10.5. The maximum absolute atomic E-state index is 10.5. The summed E-state index contributed by atoms with van der Waals surface area (Å²) < 4.78 is 0. The summed E-state index contributed by atoms with van der Waals surface area (Å²) in [7, 11) is 0. The Bertz CT molecular complexity index is 264. The first-order chi connectivity index (χ1) is 5.77. The molecular weight excluding hydrogens is 176 g/mol. The van der Waals surface area contributed by atoms with Crippen molar-refractivity contribution < 1.29 is 4.79 Å². The predicted molar refractivity (Wildman–Crippen MR) is 46.1 cm³/mol. The molecule has 1 unspecified atom stereocenters. The second-order valence-corrected chi connectivity index (χ2v) is 3.34. The molecule has 0 aliphatic carbocycles. The zero-order valence-electron chi connectivity index (χ0n) is 6.18. The molecular formula is C6H8N4OS. The number of nitrogens with one attached hydrogen (secondary N) is 1. The summed E-state index contributed by atoms with van der Waals surface area (Å²) in [5, 5.41) is 3.62. The quantitative estimate of drug-likeness (QED) is 0.609. The minimum atomic E-state index is -0.547. The molecule has 0 saturated heterocycles. The maximum Gasteiger partial charge on any atom is 0.331 e. The Kier molecular flexibility index (Phi) is 1.61. The van der Waals surface area contributed by atoms with Crippen molar-refractivity contribution in [1.82, 2.24) is 15.3 Å². The van der Waals surface area contributed by atoms with Crippen LogP contribution < -0.4 is 11.2 Å². The molecule has 0 aromatic rings. The van der Waals surface area contributed by atoms with Crippen molar-refractivity contribution in [2.24, 2.45) is 5.73 Å². The van der Waals surface area contributed by atoms with E-state index in [1.165, 1.54) is 0 Å². The summed E-state index contributed by atoms with van der Waals surface area (Å²) in [4.78, 5) is 12.5. The molecule has 0 fully saturated rings. The lowest BCUT2D eigenvalue weighted by molar-refractivity contribution is 0.196. The number of carbonyl (C=O) groups excluding carboxylic acids is 1. The van der Waals surface area contributed by atoms with Crippen LogP contribution in [0, 0.1) is 0 Å². The van der Waals surface area contributed by atoms with Crippen LogP contribution in [0.3, 0.4) is 0 Å². The summed E-state index contributed by atoms with van der Waals surface area (Å²) in [6.07, 6.45) is 5.58. The Morgan fingerprint density at radius 1 is 1.50 bits per heavy atom. The van der Waals surface area contributed by atoms with Crippen molar-refractivity contribution in [2.45, 2.75) is 5.50 Å². The molecule has 0 aromatic carbocycles. The van der Waals surface area contributed by atoms with Gasteiger partial charge in [-0.15, -0.1) is 0 Å². The highest BCUT2D eigenvalue weighted by molar-refractivity contribution is 8.02. The van der Waals surface area contributed by atoms with Crippen molar-refractivity contribution >= 4 is 17.8 Å². The van der Waals surface area contributed by atoms with Crippen molar-refractivity contribution in [1.29, 1.82) is 0 Å². The first kappa shape index (κ1) is 7.35. The second kappa shape index (κ2) is 2.63. The van der Waals surface area contributed by atoms with E-state index in [4.69, 9.17) is 5.73 Å². The number of amides is 2. The fraction of sp³-hybridized carbons (Fsp3) is 0.167. The molecule has 6 heteroatoms. The summed E-state index contributed by atoms with van der Waals surface area (Å²) in [6, 6.07) is -0.547. The molecule has 3 N–H and O–H groups in total. The molecule has 2 aliphatic heterocycles. The smallest absolute Gasteiger partial charge is 0.331 e. The summed E-state index contributed by atoms with van der Waals surface area (Å²) in [6.45, 7) is 0. The number of rotatable bonds is 1. The number of hydrogen-bond acceptors (Lipinski definition) is 4. The van der Waals surface area contributed by atoms with Gasteiger partial charge in [0.25, 0.3) is 0 Å². The van der Waals surface area contributed by atoms with Gasteiger partial charge in [0.2, 0.25) is 0 Å². The standard InChI is InChI=1S/C6H8N4OS/c7-5(11)8-10-2-1-9-3-4-12-6(9)10/h1-4,6H,(H3,7,8,11). The van der Waals surface area contributed by atoms with Crippen LogP contribution in [0.2, 0.25) is 0 Å². The zero-order chi connectivity index (χ0) is 8.55. The van der Waals surface area contributed by atoms with Crippen LogP contribution in [-0.4, -0.2) is 21.4 Å². The molecule has 2 rings (SSSR count). The van der Waals surface area contributed by atoms with Crippen LogP contribution in [-0.2, 0) is 0 Å². The van der Waals surface area contributed by atoms with E-state index >= 15 is 0 Å². The van der Waals surface area contributed by atoms with Crippen molar-refractivity contribution in [3.63, 3.8) is 0 Å². The fourth-order valence-electron chi connectivity index (χ4n) is 1.09. The van der Waals surface area contributed by atoms with Crippen LogP contribution in [0.5, 0.6) is 0 Å². The molecule has 0 radical (unpaired) electrons. The highest BCUT2D eigenvalue weighted by Crippen LogP contribution is 2.31. The van der Waals surface area contributed by atoms with Gasteiger partial charge in [0.05, 0.1) is 0 Å². The van der Waals surface area contributed by atoms with E-state index in [0.29, 0.717) is 0 Å². The molecule has 2 aliphatic rings. The van der Waals surface area contributed by atoms with E-state index in [1.54, 1.807) is 23.0 Å². The Morgan fingerprint density at radius 3 is 3.08 bits per heavy atom. The van der Waals surface area contributed by atoms with Crippen LogP contribution in [0.1, 0.15) is 0 Å². The number of carbonyl (C=O) groups is 1. The van der Waals surface area contributed by atoms with Gasteiger partial charge < -0.3 is 10.6 Å². The van der Waals surface area contributed by atoms with E-state index in [0.717, 1.165) is 0 Å². The van der Waals surface area contributed by atoms with Crippen molar-refractivity contribution in [3.05, 3.63) is 24.0 Å². The first-order valence-electron chi connectivity index (χ1n) is 3.40. The summed E-state index contributed by atoms with van der Waals surface area (Å²) >= 11 is 1.60. The number of nitrogens with zero attached hydrogens (tertiary/aromatic N) is 2. The normalized spacial score (nSPS) is 24.8. The Hall–Kier alpha value is -1.30. The van der Waals surface area contributed by atoms with E-state index in [2.05, 4.69) is 5.43 Å². The number of primary amides is 1. The van der Waals surface area contributed by atoms with Gasteiger partial charge in [0.1, 0.15) is 0 Å². The third kappa shape index (κ3) is 1.10. The summed E-state index contributed by atoms with van der Waals surface area (Å²) in [5.74, 6) is 0. The van der Waals surface area contributed by atoms with Gasteiger partial charge in [-0.1, -0.05) is 11.8 Å². The van der Waals surface area contributed by atoms with E-state index < -0.39 is 6.03 Å². The number of fused-ring (bicyclic) bond motifs is 1. The number of hydrogen-bond donors (Lipinski definition) is 2. The Balaban J connectivity index is 2.02. The molecule has 2 amide bonds. The molecule has 0 bridgehead atoms. The van der Waals surface area contributed by atoms with Crippen molar-refractivity contribution in [3.8, 4) is 0 Å². The third-order valence-corrected chi connectivity index (χ3v) is 2.56. The fourth-order valence-corrected chi connectivity index (χ4v) is 1.98. The van der Waals surface area contributed by atoms with E-state index in [-0.39, 0.29) is 5.50 Å². The minimum absolute atomic E-state index is 0.0949. The number of thioether (sulfide) groups is 1. The molecule has 1 atom stereocenters. The second-order valence-electron chi connectivity index (χ2n) is 2.38. The highest BCUT2D eigenvalue weighted by atomic mass is 32.2. The summed E-state index contributed by atoms with van der Waals surface area (Å²) in [5.41, 5.74) is 7.57. The van der Waals surface area contributed by atoms with Crippen LogP contribution in [0.25, 0.3) is 0 Å². The lowest BCUT2D eigenvalue weighted by atomic mass is 10.8. The van der Waals surface area contributed by atoms with Gasteiger partial charge in [-0.2, -0.15) is 0 Å². The molecule has 5 nitrogen and oxygen atoms in total. The zero-order valence-corrected chi connectivity index (χ0v) is 6.99. The molecule has 0 spiro atoms. The Labute approximate surface area is 73.8 Å². The molecule has 64 valence electrons. The average Bonchev–Trinajstić information content (AvgIpc) is 2.52. The van der Waals surface area contributed by atoms with Gasteiger partial charge in [-0.3, -0.25) is 5.01 Å². The van der Waals surface area contributed by atoms with Crippen molar-refractivity contribution in [2.75, 3.05) is 0 Å². The average molecular weight is 184 g/mol. The molecule has 12 heavy (non-hydrogen) atoms. The number of urea groups is 1. The van der Waals surface area contributed by atoms with Gasteiger partial charge in [-0.25, -0.2) is 10.2 Å². The third-order valence-electron chi connectivity index (χ3n) is 1.56. The molecule has 0 aromatic heterocycles. The monoisotopic (exact) mass is 184 g/mol. The number of hydrazine groups is 1.